The number of thioether (sulfide) groups is 1. The van der Waals surface area contributed by atoms with Crippen molar-refractivity contribution in [2.45, 2.75) is 19.1 Å². The molecule has 0 fully saturated rings. The van der Waals surface area contributed by atoms with E-state index in [1.807, 2.05) is 38.1 Å². The monoisotopic (exact) mass is 411 g/mol. The molecule has 3 rings (SSSR count). The highest BCUT2D eigenvalue weighted by Gasteiger charge is 2.17. The number of carbonyl (C=O) groups excluding carboxylic acids is 2. The second-order valence-electron chi connectivity index (χ2n) is 6.47. The van der Waals surface area contributed by atoms with Crippen LogP contribution in [0.3, 0.4) is 0 Å². The maximum absolute atomic E-state index is 12.3. The van der Waals surface area contributed by atoms with Gasteiger partial charge in [0, 0.05) is 25.1 Å². The van der Waals surface area contributed by atoms with Gasteiger partial charge < -0.3 is 14.6 Å². The molecular weight excluding hydrogens is 390 g/mol. The summed E-state index contributed by atoms with van der Waals surface area (Å²) in [4.78, 5) is 30.0. The van der Waals surface area contributed by atoms with Gasteiger partial charge in [-0.2, -0.15) is 0 Å². The van der Waals surface area contributed by atoms with E-state index in [2.05, 4.69) is 20.5 Å². The van der Waals surface area contributed by atoms with Crippen molar-refractivity contribution in [3.8, 4) is 11.5 Å². The predicted octanol–water partition coefficient (Wildman–Crippen LogP) is 2.94. The number of hydrogen-bond acceptors (Lipinski definition) is 7. The Morgan fingerprint density at radius 1 is 1.14 bits per heavy atom. The van der Waals surface area contributed by atoms with Gasteiger partial charge in [-0.3, -0.25) is 14.6 Å². The smallest absolute Gasteiger partial charge is 0.277 e. The number of benzene rings is 1. The number of amides is 2. The number of nitrogens with zero attached hydrogens (tertiary/aromatic N) is 4. The Bertz CT molecular complexity index is 986. The summed E-state index contributed by atoms with van der Waals surface area (Å²) in [6.45, 7) is 3.81. The number of carbonyl (C=O) groups is 2. The molecule has 2 amide bonds. The Balaban J connectivity index is 1.50. The van der Waals surface area contributed by atoms with Crippen molar-refractivity contribution in [3.05, 3.63) is 53.9 Å². The van der Waals surface area contributed by atoms with Gasteiger partial charge in [0.15, 0.2) is 0 Å². The molecule has 0 bridgehead atoms. The summed E-state index contributed by atoms with van der Waals surface area (Å²) < 4.78 is 5.54. The quantitative estimate of drug-likeness (QED) is 0.597. The first-order valence-electron chi connectivity index (χ1n) is 8.91. The maximum atomic E-state index is 12.3. The number of aromatic nitrogens is 3. The van der Waals surface area contributed by atoms with E-state index in [1.165, 1.54) is 4.90 Å². The zero-order chi connectivity index (χ0) is 20.8. The number of rotatable bonds is 7. The van der Waals surface area contributed by atoms with Crippen molar-refractivity contribution >= 4 is 29.3 Å². The molecule has 150 valence electrons. The number of para-hydroxylation sites is 1. The van der Waals surface area contributed by atoms with Crippen LogP contribution < -0.4 is 5.32 Å². The van der Waals surface area contributed by atoms with Crippen molar-refractivity contribution < 1.29 is 14.0 Å². The van der Waals surface area contributed by atoms with E-state index >= 15 is 0 Å². The first-order chi connectivity index (χ1) is 13.9. The molecule has 8 nitrogen and oxygen atoms in total. The van der Waals surface area contributed by atoms with Gasteiger partial charge in [-0.1, -0.05) is 30.0 Å². The van der Waals surface area contributed by atoms with Crippen molar-refractivity contribution in [1.29, 1.82) is 0 Å². The lowest BCUT2D eigenvalue weighted by Crippen LogP contribution is -2.36. The standard InChI is InChI=1S/C20H21N5O3S/c1-13-6-4-7-14(2)18(13)22-16(26)11-25(3)17(27)12-29-20-24-23-19(28-20)15-8-5-9-21-10-15/h4-10H,11-12H2,1-3H3,(H,22,26). The van der Waals surface area contributed by atoms with E-state index < -0.39 is 0 Å². The zero-order valence-electron chi connectivity index (χ0n) is 16.4. The number of hydrogen-bond donors (Lipinski definition) is 1. The fourth-order valence-corrected chi connectivity index (χ4v) is 3.31. The molecule has 0 aliphatic rings. The van der Waals surface area contributed by atoms with Gasteiger partial charge in [0.2, 0.25) is 17.7 Å². The summed E-state index contributed by atoms with van der Waals surface area (Å²) in [6, 6.07) is 9.37. The molecule has 0 spiro atoms. The van der Waals surface area contributed by atoms with E-state index in [4.69, 9.17) is 4.42 Å². The molecule has 0 saturated carbocycles. The molecule has 9 heteroatoms. The fraction of sp³-hybridized carbons (Fsp3) is 0.250. The topological polar surface area (TPSA) is 101 Å². The number of nitrogens with one attached hydrogen (secondary N) is 1. The lowest BCUT2D eigenvalue weighted by molar-refractivity contribution is -0.131. The Labute approximate surface area is 172 Å². The molecule has 0 aliphatic heterocycles. The van der Waals surface area contributed by atoms with Crippen LogP contribution in [0.25, 0.3) is 11.5 Å². The van der Waals surface area contributed by atoms with Crippen LogP contribution in [0.15, 0.2) is 52.4 Å². The molecule has 0 unspecified atom stereocenters. The van der Waals surface area contributed by atoms with E-state index in [1.54, 1.807) is 25.5 Å². The Hall–Kier alpha value is -3.20. The highest BCUT2D eigenvalue weighted by atomic mass is 32.2. The normalized spacial score (nSPS) is 10.6. The summed E-state index contributed by atoms with van der Waals surface area (Å²) in [5, 5.41) is 11.0. The van der Waals surface area contributed by atoms with Gasteiger partial charge in [-0.25, -0.2) is 0 Å². The Kier molecular flexibility index (Phi) is 6.61. The van der Waals surface area contributed by atoms with Gasteiger partial charge in [0.05, 0.1) is 17.9 Å². The van der Waals surface area contributed by atoms with Crippen LogP contribution in [0, 0.1) is 13.8 Å². The number of anilines is 1. The van der Waals surface area contributed by atoms with Crippen LogP contribution in [-0.2, 0) is 9.59 Å². The molecule has 0 radical (unpaired) electrons. The highest BCUT2D eigenvalue weighted by Crippen LogP contribution is 2.23. The maximum Gasteiger partial charge on any atom is 0.277 e. The van der Waals surface area contributed by atoms with Crippen LogP contribution in [0.2, 0.25) is 0 Å². The zero-order valence-corrected chi connectivity index (χ0v) is 17.2. The van der Waals surface area contributed by atoms with Crippen molar-refractivity contribution in [1.82, 2.24) is 20.1 Å². The molecule has 2 aromatic heterocycles. The molecule has 1 aromatic carbocycles. The van der Waals surface area contributed by atoms with Crippen molar-refractivity contribution in [2.75, 3.05) is 24.7 Å². The van der Waals surface area contributed by atoms with Gasteiger partial charge in [0.25, 0.3) is 5.22 Å². The van der Waals surface area contributed by atoms with Crippen molar-refractivity contribution in [2.24, 2.45) is 0 Å². The number of aryl methyl sites for hydroxylation is 2. The third-order valence-electron chi connectivity index (χ3n) is 4.19. The molecule has 29 heavy (non-hydrogen) atoms. The number of pyridine rings is 1. The molecule has 0 atom stereocenters. The third-order valence-corrected chi connectivity index (χ3v) is 4.99. The molecule has 3 aromatic rings. The minimum Gasteiger partial charge on any atom is -0.411 e. The minimum absolute atomic E-state index is 0.0437. The van der Waals surface area contributed by atoms with Gasteiger partial charge in [-0.05, 0) is 37.1 Å². The molecule has 0 aliphatic carbocycles. The van der Waals surface area contributed by atoms with Gasteiger partial charge in [-0.15, -0.1) is 10.2 Å². The third kappa shape index (κ3) is 5.41. The fourth-order valence-electron chi connectivity index (χ4n) is 2.60. The first-order valence-corrected chi connectivity index (χ1v) is 9.89. The molecule has 0 saturated heterocycles. The van der Waals surface area contributed by atoms with E-state index in [-0.39, 0.29) is 29.3 Å². The average Bonchev–Trinajstić information content (AvgIpc) is 3.19. The number of likely N-dealkylation sites (N-methyl/N-ethyl adjacent to an activating group) is 1. The highest BCUT2D eigenvalue weighted by molar-refractivity contribution is 7.99. The summed E-state index contributed by atoms with van der Waals surface area (Å²) in [6.07, 6.45) is 3.27. The molecule has 1 N–H and O–H groups in total. The average molecular weight is 411 g/mol. The summed E-state index contributed by atoms with van der Waals surface area (Å²) in [5.41, 5.74) is 3.44. The Morgan fingerprint density at radius 2 is 1.90 bits per heavy atom. The second kappa shape index (κ2) is 9.33. The van der Waals surface area contributed by atoms with Crippen LogP contribution in [0.4, 0.5) is 5.69 Å². The summed E-state index contributed by atoms with van der Waals surface area (Å²) in [7, 11) is 1.59. The van der Waals surface area contributed by atoms with E-state index in [9.17, 15) is 9.59 Å². The largest absolute Gasteiger partial charge is 0.411 e. The first kappa shape index (κ1) is 20.5. The molecule has 2 heterocycles. The lowest BCUT2D eigenvalue weighted by atomic mass is 10.1. The van der Waals surface area contributed by atoms with Crippen LogP contribution in [0.1, 0.15) is 11.1 Å². The van der Waals surface area contributed by atoms with Gasteiger partial charge in [0.1, 0.15) is 0 Å². The molecular formula is C20H21N5O3S. The summed E-state index contributed by atoms with van der Waals surface area (Å²) >= 11 is 1.12. The summed E-state index contributed by atoms with van der Waals surface area (Å²) in [5.74, 6) is -0.0379. The van der Waals surface area contributed by atoms with Crippen LogP contribution in [0.5, 0.6) is 0 Å². The van der Waals surface area contributed by atoms with E-state index in [0.29, 0.717) is 11.5 Å². The SMILES string of the molecule is Cc1cccc(C)c1NC(=O)CN(C)C(=O)CSc1nnc(-c2cccnc2)o1. The predicted molar refractivity (Wildman–Crippen MR) is 110 cm³/mol. The second-order valence-corrected chi connectivity index (χ2v) is 7.39. The lowest BCUT2D eigenvalue weighted by Gasteiger charge is -2.17. The van der Waals surface area contributed by atoms with Crippen LogP contribution in [-0.4, -0.2) is 51.2 Å². The van der Waals surface area contributed by atoms with Crippen molar-refractivity contribution in [3.63, 3.8) is 0 Å². The Morgan fingerprint density at radius 3 is 2.59 bits per heavy atom. The van der Waals surface area contributed by atoms with Gasteiger partial charge >= 0.3 is 0 Å². The van der Waals surface area contributed by atoms with E-state index in [0.717, 1.165) is 28.6 Å². The van der Waals surface area contributed by atoms with Crippen LogP contribution >= 0.6 is 11.8 Å². The minimum atomic E-state index is -0.250.